The van der Waals surface area contributed by atoms with Gasteiger partial charge in [-0.15, -0.1) is 0 Å². The van der Waals surface area contributed by atoms with Crippen LogP contribution in [0, 0.1) is 11.3 Å². The highest BCUT2D eigenvalue weighted by Gasteiger charge is 2.23. The first kappa shape index (κ1) is 14.7. The third kappa shape index (κ3) is 6.25. The topological polar surface area (TPSA) is 74.2 Å². The lowest BCUT2D eigenvalue weighted by atomic mass is 9.97. The molecule has 1 unspecified atom stereocenters. The highest BCUT2D eigenvalue weighted by Crippen LogP contribution is 2.13. The molecule has 92 valence electrons. The van der Waals surface area contributed by atoms with Crippen LogP contribution in [0.3, 0.4) is 0 Å². The maximum atomic E-state index is 10.8. The van der Waals surface area contributed by atoms with Gasteiger partial charge in [-0.25, -0.2) is 10.2 Å². The fourth-order valence-corrected chi connectivity index (χ4v) is 1.29. The minimum absolute atomic E-state index is 0.588. The summed E-state index contributed by atoms with van der Waals surface area (Å²) < 4.78 is 4.41. The van der Waals surface area contributed by atoms with Crippen molar-refractivity contribution in [1.82, 2.24) is 10.9 Å². The SMILES string of the molecule is CCCCCCC(C)(C#N)NNC(=O)OC. The molecule has 0 saturated heterocycles. The van der Waals surface area contributed by atoms with Crippen LogP contribution in [0.2, 0.25) is 0 Å². The molecule has 0 aromatic carbocycles. The van der Waals surface area contributed by atoms with E-state index in [2.05, 4.69) is 28.6 Å². The highest BCUT2D eigenvalue weighted by atomic mass is 16.5. The number of carbonyl (C=O) groups excluding carboxylic acids is 1. The van der Waals surface area contributed by atoms with Crippen LogP contribution in [0.1, 0.15) is 46.0 Å². The molecule has 0 saturated carbocycles. The van der Waals surface area contributed by atoms with Crippen LogP contribution < -0.4 is 10.9 Å². The van der Waals surface area contributed by atoms with E-state index < -0.39 is 11.6 Å². The Hall–Kier alpha value is -1.28. The fraction of sp³-hybridized carbons (Fsp3) is 0.818. The van der Waals surface area contributed by atoms with E-state index in [0.717, 1.165) is 19.3 Å². The standard InChI is InChI=1S/C11H21N3O2/c1-4-5-6-7-8-11(2,9-12)14-13-10(15)16-3/h14H,4-8H2,1-3H3,(H,13,15). The average molecular weight is 227 g/mol. The Balaban J connectivity index is 3.92. The summed E-state index contributed by atoms with van der Waals surface area (Å²) in [4.78, 5) is 10.8. The molecule has 2 N–H and O–H groups in total. The van der Waals surface area contributed by atoms with Gasteiger partial charge in [0.25, 0.3) is 0 Å². The van der Waals surface area contributed by atoms with E-state index in [1.54, 1.807) is 6.92 Å². The first-order valence-corrected chi connectivity index (χ1v) is 5.60. The van der Waals surface area contributed by atoms with Gasteiger partial charge in [0.05, 0.1) is 13.2 Å². The second kappa shape index (κ2) is 7.94. The average Bonchev–Trinajstić information content (AvgIpc) is 2.31. The van der Waals surface area contributed by atoms with Crippen LogP contribution in [0.15, 0.2) is 0 Å². The van der Waals surface area contributed by atoms with Gasteiger partial charge in [-0.2, -0.15) is 5.26 Å². The summed E-state index contributed by atoms with van der Waals surface area (Å²) in [6, 6.07) is 2.15. The summed E-state index contributed by atoms with van der Waals surface area (Å²) >= 11 is 0. The largest absolute Gasteiger partial charge is 0.452 e. The van der Waals surface area contributed by atoms with Gasteiger partial charge < -0.3 is 4.74 Å². The number of nitrogens with one attached hydrogen (secondary N) is 2. The van der Waals surface area contributed by atoms with Crippen molar-refractivity contribution in [3.8, 4) is 6.07 Å². The van der Waals surface area contributed by atoms with Crippen LogP contribution in [-0.4, -0.2) is 18.7 Å². The van der Waals surface area contributed by atoms with Gasteiger partial charge in [-0.1, -0.05) is 32.6 Å². The summed E-state index contributed by atoms with van der Waals surface area (Å²) in [5.74, 6) is 0. The van der Waals surface area contributed by atoms with Gasteiger partial charge in [0, 0.05) is 0 Å². The molecule has 16 heavy (non-hydrogen) atoms. The molecule has 0 aliphatic carbocycles. The first-order chi connectivity index (χ1) is 7.58. The first-order valence-electron chi connectivity index (χ1n) is 5.60. The fourth-order valence-electron chi connectivity index (χ4n) is 1.29. The Kier molecular flexibility index (Phi) is 7.31. The van der Waals surface area contributed by atoms with E-state index in [1.807, 2.05) is 0 Å². The van der Waals surface area contributed by atoms with Crippen molar-refractivity contribution in [1.29, 1.82) is 5.26 Å². The Bertz CT molecular complexity index is 250. The van der Waals surface area contributed by atoms with Crippen LogP contribution in [0.4, 0.5) is 4.79 Å². The molecule has 5 heteroatoms. The zero-order valence-electron chi connectivity index (χ0n) is 10.3. The molecule has 0 rings (SSSR count). The zero-order chi connectivity index (χ0) is 12.4. The molecule has 5 nitrogen and oxygen atoms in total. The molecular weight excluding hydrogens is 206 g/mol. The smallest absolute Gasteiger partial charge is 0.421 e. The van der Waals surface area contributed by atoms with Crippen molar-refractivity contribution in [2.24, 2.45) is 0 Å². The van der Waals surface area contributed by atoms with Crippen LogP contribution >= 0.6 is 0 Å². The van der Waals surface area contributed by atoms with E-state index in [4.69, 9.17) is 5.26 Å². The number of carbonyl (C=O) groups is 1. The van der Waals surface area contributed by atoms with Crippen LogP contribution in [-0.2, 0) is 4.74 Å². The van der Waals surface area contributed by atoms with E-state index in [1.165, 1.54) is 13.5 Å². The Morgan fingerprint density at radius 2 is 2.12 bits per heavy atom. The molecule has 0 spiro atoms. The lowest BCUT2D eigenvalue weighted by molar-refractivity contribution is 0.160. The third-order valence-corrected chi connectivity index (χ3v) is 2.40. The number of unbranched alkanes of at least 4 members (excludes halogenated alkanes) is 3. The van der Waals surface area contributed by atoms with Crippen LogP contribution in [0.25, 0.3) is 0 Å². The number of amides is 1. The number of nitriles is 1. The van der Waals surface area contributed by atoms with Gasteiger partial charge in [0.15, 0.2) is 0 Å². The molecule has 1 atom stereocenters. The van der Waals surface area contributed by atoms with Gasteiger partial charge in [0.1, 0.15) is 5.54 Å². The normalized spacial score (nSPS) is 13.6. The minimum Gasteiger partial charge on any atom is -0.452 e. The summed E-state index contributed by atoms with van der Waals surface area (Å²) in [6.07, 6.45) is 4.52. The molecule has 1 amide bonds. The molecule has 0 aliphatic rings. The molecule has 0 fully saturated rings. The second-order valence-corrected chi connectivity index (χ2v) is 4.00. The molecule has 0 aliphatic heterocycles. The molecule has 0 radical (unpaired) electrons. The van der Waals surface area contributed by atoms with Gasteiger partial charge in [0.2, 0.25) is 0 Å². The Morgan fingerprint density at radius 1 is 1.44 bits per heavy atom. The number of hydrogen-bond donors (Lipinski definition) is 2. The number of methoxy groups -OCH3 is 1. The summed E-state index contributed by atoms with van der Waals surface area (Å²) in [6.45, 7) is 3.90. The lowest BCUT2D eigenvalue weighted by Gasteiger charge is -2.22. The van der Waals surface area contributed by atoms with Gasteiger partial charge >= 0.3 is 6.09 Å². The van der Waals surface area contributed by atoms with Gasteiger partial charge in [-0.3, -0.25) is 5.43 Å². The quantitative estimate of drug-likeness (QED) is 0.516. The zero-order valence-corrected chi connectivity index (χ0v) is 10.3. The Morgan fingerprint density at radius 3 is 2.62 bits per heavy atom. The summed E-state index contributed by atoms with van der Waals surface area (Å²) in [7, 11) is 1.28. The number of rotatable bonds is 7. The van der Waals surface area contributed by atoms with Crippen molar-refractivity contribution in [2.75, 3.05) is 7.11 Å². The monoisotopic (exact) mass is 227 g/mol. The van der Waals surface area contributed by atoms with E-state index in [9.17, 15) is 4.79 Å². The minimum atomic E-state index is -0.734. The maximum absolute atomic E-state index is 10.8. The summed E-state index contributed by atoms with van der Waals surface area (Å²) in [5.41, 5.74) is 4.28. The van der Waals surface area contributed by atoms with E-state index in [0.29, 0.717) is 6.42 Å². The molecule has 0 aromatic rings. The Labute approximate surface area is 97.1 Å². The van der Waals surface area contributed by atoms with Crippen molar-refractivity contribution in [3.63, 3.8) is 0 Å². The molecule has 0 aromatic heterocycles. The molecule has 0 heterocycles. The maximum Gasteiger partial charge on any atom is 0.421 e. The van der Waals surface area contributed by atoms with Gasteiger partial charge in [-0.05, 0) is 13.3 Å². The number of hydrazine groups is 1. The number of hydrogen-bond acceptors (Lipinski definition) is 4. The van der Waals surface area contributed by atoms with Crippen LogP contribution in [0.5, 0.6) is 0 Å². The van der Waals surface area contributed by atoms with Crippen molar-refractivity contribution in [3.05, 3.63) is 0 Å². The second-order valence-electron chi connectivity index (χ2n) is 4.00. The van der Waals surface area contributed by atoms with Crippen molar-refractivity contribution >= 4 is 6.09 Å². The predicted octanol–water partition coefficient (Wildman–Crippen LogP) is 2.10. The van der Waals surface area contributed by atoms with Crippen molar-refractivity contribution in [2.45, 2.75) is 51.5 Å². The highest BCUT2D eigenvalue weighted by molar-refractivity contribution is 5.66. The van der Waals surface area contributed by atoms with E-state index in [-0.39, 0.29) is 0 Å². The molecule has 0 bridgehead atoms. The lowest BCUT2D eigenvalue weighted by Crippen LogP contribution is -2.51. The number of ether oxygens (including phenoxy) is 1. The summed E-state index contributed by atoms with van der Waals surface area (Å²) in [5, 5.41) is 9.02. The molecular formula is C11H21N3O2. The number of nitrogens with zero attached hydrogens (tertiary/aromatic N) is 1. The predicted molar refractivity (Wildman–Crippen MR) is 61.5 cm³/mol. The third-order valence-electron chi connectivity index (χ3n) is 2.40. The van der Waals surface area contributed by atoms with Crippen molar-refractivity contribution < 1.29 is 9.53 Å². The van der Waals surface area contributed by atoms with E-state index >= 15 is 0 Å².